The van der Waals surface area contributed by atoms with Gasteiger partial charge in [0.25, 0.3) is 0 Å². The molecular formula is C33H45F4NO2S. The van der Waals surface area contributed by atoms with Crippen molar-refractivity contribution < 1.29 is 26.5 Å². The van der Waals surface area contributed by atoms with Crippen LogP contribution in [0, 0.1) is 11.2 Å². The van der Waals surface area contributed by atoms with Gasteiger partial charge >= 0.3 is 6.18 Å². The van der Waals surface area contributed by atoms with Crippen LogP contribution in [0.3, 0.4) is 0 Å². The van der Waals surface area contributed by atoms with Gasteiger partial charge < -0.3 is 8.92 Å². The molecule has 2 aromatic rings. The van der Waals surface area contributed by atoms with Gasteiger partial charge in [-0.15, -0.1) is 10.3 Å². The second-order valence-corrected chi connectivity index (χ2v) is 18.6. The predicted molar refractivity (Wildman–Crippen MR) is 158 cm³/mol. The first-order valence-corrected chi connectivity index (χ1v) is 17.2. The second-order valence-electron chi connectivity index (χ2n) is 14.7. The van der Waals surface area contributed by atoms with E-state index in [4.69, 9.17) is 13.9 Å². The van der Waals surface area contributed by atoms with Crippen LogP contribution in [0.25, 0.3) is 0 Å². The summed E-state index contributed by atoms with van der Waals surface area (Å²) in [4.78, 5) is 5.31. The Kier molecular flexibility index (Phi) is 7.48. The number of aromatic nitrogens is 1. The molecule has 3 aliphatic rings. The van der Waals surface area contributed by atoms with E-state index in [2.05, 4.69) is 61.0 Å². The van der Waals surface area contributed by atoms with Crippen LogP contribution < -0.4 is 0 Å². The minimum atomic E-state index is -4.76. The van der Waals surface area contributed by atoms with Crippen LogP contribution in [0.15, 0.2) is 18.2 Å². The molecule has 0 N–H and O–H groups in total. The maximum Gasteiger partial charge on any atom is 0.419 e. The molecule has 41 heavy (non-hydrogen) atoms. The molecule has 3 nitrogen and oxygen atoms in total. The summed E-state index contributed by atoms with van der Waals surface area (Å²) in [5, 5.41) is 0. The Hall–Kier alpha value is -1.64. The highest BCUT2D eigenvalue weighted by atomic mass is 32.3. The monoisotopic (exact) mass is 595 g/mol. The van der Waals surface area contributed by atoms with Gasteiger partial charge in [-0.3, -0.25) is 4.98 Å². The van der Waals surface area contributed by atoms with Gasteiger partial charge in [-0.2, -0.15) is 13.2 Å². The zero-order chi connectivity index (χ0) is 30.3. The largest absolute Gasteiger partial charge is 0.419 e. The average Bonchev–Trinajstić information content (AvgIpc) is 3.41. The lowest BCUT2D eigenvalue weighted by Gasteiger charge is -2.49. The van der Waals surface area contributed by atoms with E-state index < -0.39 is 39.6 Å². The van der Waals surface area contributed by atoms with E-state index >= 15 is 0 Å². The van der Waals surface area contributed by atoms with Crippen LogP contribution in [0.4, 0.5) is 17.6 Å². The standard InChI is InChI=1S/C33H45F4NO2S/c1-19(2)28-26-27(25-23(38-28)17-31(6,7)18-24(25)40-41(8,9)30(3,4)5)32(14-10-11-15-32)39-29(26)20-12-13-21(22(34)16-20)33(35,36)37/h12-13,16,19,24,29H,10-11,14-15,17-18H2,1-9H3. The van der Waals surface area contributed by atoms with E-state index in [-0.39, 0.29) is 22.2 Å². The number of halogens is 4. The first kappa shape index (κ1) is 30.8. The van der Waals surface area contributed by atoms with Gasteiger partial charge in [0.15, 0.2) is 0 Å². The molecule has 2 atom stereocenters. The number of alkyl halides is 3. The van der Waals surface area contributed by atoms with E-state index in [0.29, 0.717) is 5.56 Å². The molecule has 1 fully saturated rings. The van der Waals surface area contributed by atoms with E-state index in [1.54, 1.807) is 0 Å². The van der Waals surface area contributed by atoms with Gasteiger partial charge in [0, 0.05) is 27.3 Å². The maximum absolute atomic E-state index is 14.9. The topological polar surface area (TPSA) is 31.4 Å². The summed E-state index contributed by atoms with van der Waals surface area (Å²) in [6, 6.07) is 3.23. The van der Waals surface area contributed by atoms with Crippen molar-refractivity contribution in [2.45, 2.75) is 122 Å². The van der Waals surface area contributed by atoms with Crippen LogP contribution in [0.1, 0.15) is 138 Å². The molecule has 228 valence electrons. The number of pyridine rings is 1. The molecule has 1 saturated carbocycles. The van der Waals surface area contributed by atoms with Crippen LogP contribution in [-0.4, -0.2) is 22.2 Å². The highest BCUT2D eigenvalue weighted by Gasteiger charge is 2.54. The predicted octanol–water partition coefficient (Wildman–Crippen LogP) is 10.1. The van der Waals surface area contributed by atoms with Crippen LogP contribution in [-0.2, 0) is 27.1 Å². The zero-order valence-corrected chi connectivity index (χ0v) is 26.7. The van der Waals surface area contributed by atoms with E-state index in [1.807, 2.05) is 0 Å². The van der Waals surface area contributed by atoms with Crippen molar-refractivity contribution in [1.82, 2.24) is 4.98 Å². The quantitative estimate of drug-likeness (QED) is 0.330. The first-order chi connectivity index (χ1) is 18.8. The summed E-state index contributed by atoms with van der Waals surface area (Å²) in [5.41, 5.74) is 3.64. The zero-order valence-electron chi connectivity index (χ0n) is 25.9. The fraction of sp³-hybridized carbons (Fsp3) is 0.667. The molecule has 2 aliphatic carbocycles. The summed E-state index contributed by atoms with van der Waals surface area (Å²) < 4.78 is 69.3. The highest BCUT2D eigenvalue weighted by molar-refractivity contribution is 8.29. The molecule has 0 amide bonds. The number of nitrogens with zero attached hydrogens (tertiary/aromatic N) is 1. The van der Waals surface area contributed by atoms with Crippen molar-refractivity contribution >= 4 is 10.3 Å². The van der Waals surface area contributed by atoms with Crippen molar-refractivity contribution in [3.8, 4) is 0 Å². The molecule has 1 aromatic carbocycles. The Labute approximate surface area is 244 Å². The van der Waals surface area contributed by atoms with Crippen molar-refractivity contribution in [3.63, 3.8) is 0 Å². The molecule has 1 aromatic heterocycles. The molecule has 1 aliphatic heterocycles. The Morgan fingerprint density at radius 1 is 1.05 bits per heavy atom. The molecule has 8 heteroatoms. The number of hydrogen-bond donors (Lipinski definition) is 0. The third-order valence-corrected chi connectivity index (χ3v) is 13.2. The van der Waals surface area contributed by atoms with Crippen molar-refractivity contribution in [2.24, 2.45) is 5.41 Å². The lowest BCUT2D eigenvalue weighted by atomic mass is 9.70. The maximum atomic E-state index is 14.9. The first-order valence-electron chi connectivity index (χ1n) is 14.8. The van der Waals surface area contributed by atoms with Crippen molar-refractivity contribution in [2.75, 3.05) is 12.5 Å². The van der Waals surface area contributed by atoms with Gasteiger partial charge in [-0.1, -0.05) is 67.4 Å². The average molecular weight is 596 g/mol. The molecule has 1 spiro atoms. The summed E-state index contributed by atoms with van der Waals surface area (Å²) in [5.74, 6) is -1.22. The molecular weight excluding hydrogens is 550 g/mol. The van der Waals surface area contributed by atoms with E-state index in [1.165, 1.54) is 6.07 Å². The summed E-state index contributed by atoms with van der Waals surface area (Å²) in [6.07, 6.45) is 4.12. The molecule has 2 heterocycles. The summed E-state index contributed by atoms with van der Waals surface area (Å²) in [6.45, 7) is 15.4. The summed E-state index contributed by atoms with van der Waals surface area (Å²) in [7, 11) is -1.48. The fourth-order valence-corrected chi connectivity index (χ4v) is 7.86. The van der Waals surface area contributed by atoms with Gasteiger partial charge in [0.2, 0.25) is 0 Å². The second kappa shape index (κ2) is 9.95. The minimum absolute atomic E-state index is 0.0151. The number of fused-ring (bicyclic) bond motifs is 4. The Morgan fingerprint density at radius 3 is 2.22 bits per heavy atom. The Morgan fingerprint density at radius 2 is 1.68 bits per heavy atom. The third-order valence-electron chi connectivity index (χ3n) is 9.54. The van der Waals surface area contributed by atoms with Gasteiger partial charge in [-0.05, 0) is 72.8 Å². The molecule has 0 bridgehead atoms. The van der Waals surface area contributed by atoms with Crippen LogP contribution in [0.5, 0.6) is 0 Å². The van der Waals surface area contributed by atoms with Gasteiger partial charge in [-0.25, -0.2) is 4.39 Å². The molecule has 5 rings (SSSR count). The number of rotatable bonds is 4. The van der Waals surface area contributed by atoms with Crippen molar-refractivity contribution in [3.05, 3.63) is 63.2 Å². The number of ether oxygens (including phenoxy) is 1. The van der Waals surface area contributed by atoms with E-state index in [9.17, 15) is 17.6 Å². The van der Waals surface area contributed by atoms with Crippen molar-refractivity contribution in [1.29, 1.82) is 0 Å². The lowest BCUT2D eigenvalue weighted by Crippen LogP contribution is -2.35. The minimum Gasteiger partial charge on any atom is -0.358 e. The molecule has 2 unspecified atom stereocenters. The normalized spacial score (nSPS) is 24.1. The smallest absolute Gasteiger partial charge is 0.358 e. The lowest BCUT2D eigenvalue weighted by molar-refractivity contribution is -0.140. The summed E-state index contributed by atoms with van der Waals surface area (Å²) >= 11 is 0. The third kappa shape index (κ3) is 5.35. The van der Waals surface area contributed by atoms with E-state index in [0.717, 1.165) is 78.7 Å². The molecule has 0 radical (unpaired) electrons. The van der Waals surface area contributed by atoms with Gasteiger partial charge in [0.05, 0.1) is 17.3 Å². The van der Waals surface area contributed by atoms with Gasteiger partial charge in [0.1, 0.15) is 11.9 Å². The molecule has 0 saturated heterocycles. The number of hydrogen-bond acceptors (Lipinski definition) is 3. The highest BCUT2D eigenvalue weighted by Crippen LogP contribution is 2.63. The van der Waals surface area contributed by atoms with Crippen LogP contribution >= 0.6 is 10.3 Å². The Balaban J connectivity index is 1.77. The fourth-order valence-electron chi connectivity index (χ4n) is 6.82. The Bertz CT molecular complexity index is 1340. The SMILES string of the molecule is CC(C)c1nc2c(c3c1C(c1ccc(C(F)(F)F)c(F)c1)OC31CCCC1)C(OS(C)(C)C(C)(C)C)CC(C)(C)C2. The number of benzene rings is 1. The van der Waals surface area contributed by atoms with Crippen LogP contribution in [0.2, 0.25) is 0 Å².